The Bertz CT molecular complexity index is 1230. The van der Waals surface area contributed by atoms with Crippen LogP contribution in [0.25, 0.3) is 0 Å². The zero-order chi connectivity index (χ0) is 55.0. The molecule has 0 aromatic carbocycles. The minimum atomic E-state index is -0.769. The predicted molar refractivity (Wildman–Crippen MR) is 330 cm³/mol. The molecule has 0 spiro atoms. The van der Waals surface area contributed by atoms with Crippen molar-refractivity contribution < 1.29 is 28.6 Å². The molecule has 0 aliphatic carbocycles. The summed E-state index contributed by atoms with van der Waals surface area (Å²) in [6, 6.07) is 0. The molecule has 0 rings (SSSR count). The van der Waals surface area contributed by atoms with E-state index in [-0.39, 0.29) is 31.1 Å². The highest BCUT2D eigenvalue weighted by atomic mass is 16.6. The normalized spacial score (nSPS) is 12.1. The molecular weight excluding hydrogens is 937 g/mol. The first-order chi connectivity index (χ1) is 37.5. The number of hydrogen-bond acceptors (Lipinski definition) is 6. The molecule has 0 fully saturated rings. The third-order valence-corrected chi connectivity index (χ3v) is 15.7. The highest BCUT2D eigenvalue weighted by Crippen LogP contribution is 2.19. The molecular formula is C70H132O6. The van der Waals surface area contributed by atoms with Gasteiger partial charge in [0.25, 0.3) is 0 Å². The van der Waals surface area contributed by atoms with Crippen molar-refractivity contribution in [3.05, 3.63) is 24.3 Å². The van der Waals surface area contributed by atoms with E-state index in [1.54, 1.807) is 0 Å². The van der Waals surface area contributed by atoms with Crippen molar-refractivity contribution in [1.82, 2.24) is 0 Å². The fraction of sp³-hybridized carbons (Fsp3) is 0.900. The van der Waals surface area contributed by atoms with Crippen molar-refractivity contribution in [1.29, 1.82) is 0 Å². The summed E-state index contributed by atoms with van der Waals surface area (Å²) < 4.78 is 16.8. The lowest BCUT2D eigenvalue weighted by Crippen LogP contribution is -2.30. The first kappa shape index (κ1) is 73.9. The summed E-state index contributed by atoms with van der Waals surface area (Å²) in [6.45, 7) is 6.59. The Morgan fingerprint density at radius 2 is 0.474 bits per heavy atom. The molecule has 0 heterocycles. The van der Waals surface area contributed by atoms with Gasteiger partial charge in [0.2, 0.25) is 0 Å². The van der Waals surface area contributed by atoms with Gasteiger partial charge in [-0.15, -0.1) is 0 Å². The number of hydrogen-bond donors (Lipinski definition) is 0. The van der Waals surface area contributed by atoms with E-state index < -0.39 is 6.10 Å². The molecule has 0 aromatic rings. The molecule has 1 atom stereocenters. The van der Waals surface area contributed by atoms with E-state index in [9.17, 15) is 14.4 Å². The molecule has 448 valence electrons. The predicted octanol–water partition coefficient (Wildman–Crippen LogP) is 23.4. The van der Waals surface area contributed by atoms with Gasteiger partial charge in [-0.3, -0.25) is 14.4 Å². The standard InChI is InChI=1S/C70H132O6/c1-4-7-10-13-15-17-19-21-23-25-27-28-29-30-31-32-33-34-35-36-37-38-39-40-41-42-43-45-46-48-50-52-54-57-60-63-69(72)75-66-67(65-74-68(71)62-59-56-12-9-6-3)76-70(73)64-61-58-55-53-51-49-47-44-26-24-22-20-18-16-14-11-8-5-2/h18,20,24,26,67H,4-17,19,21-23,25,27-66H2,1-3H3/b20-18-,26-24-. The molecule has 0 saturated carbocycles. The van der Waals surface area contributed by atoms with Crippen LogP contribution in [-0.4, -0.2) is 37.2 Å². The summed E-state index contributed by atoms with van der Waals surface area (Å²) in [6.07, 6.45) is 79.9. The number of allylic oxidation sites excluding steroid dienone is 4. The summed E-state index contributed by atoms with van der Waals surface area (Å²) >= 11 is 0. The van der Waals surface area contributed by atoms with Crippen molar-refractivity contribution in [3.8, 4) is 0 Å². The lowest BCUT2D eigenvalue weighted by Gasteiger charge is -2.18. The fourth-order valence-electron chi connectivity index (χ4n) is 10.5. The van der Waals surface area contributed by atoms with E-state index in [2.05, 4.69) is 45.1 Å². The van der Waals surface area contributed by atoms with E-state index in [0.717, 1.165) is 77.0 Å². The van der Waals surface area contributed by atoms with E-state index in [1.807, 2.05) is 0 Å². The van der Waals surface area contributed by atoms with Crippen LogP contribution in [0.5, 0.6) is 0 Å². The Morgan fingerprint density at radius 3 is 0.737 bits per heavy atom. The molecule has 6 nitrogen and oxygen atoms in total. The highest BCUT2D eigenvalue weighted by molar-refractivity contribution is 5.71. The van der Waals surface area contributed by atoms with Gasteiger partial charge < -0.3 is 14.2 Å². The monoisotopic (exact) mass is 1070 g/mol. The number of rotatable bonds is 64. The van der Waals surface area contributed by atoms with Gasteiger partial charge in [-0.05, 0) is 51.4 Å². The minimum Gasteiger partial charge on any atom is -0.462 e. The quantitative estimate of drug-likeness (QED) is 0.0261. The van der Waals surface area contributed by atoms with Crippen molar-refractivity contribution in [2.24, 2.45) is 0 Å². The smallest absolute Gasteiger partial charge is 0.306 e. The third kappa shape index (κ3) is 62.7. The second-order valence-electron chi connectivity index (χ2n) is 23.5. The highest BCUT2D eigenvalue weighted by Gasteiger charge is 2.19. The maximum absolute atomic E-state index is 12.8. The number of carbonyl (C=O) groups excluding carboxylic acids is 3. The Morgan fingerprint density at radius 1 is 0.263 bits per heavy atom. The average molecular weight is 1070 g/mol. The van der Waals surface area contributed by atoms with E-state index >= 15 is 0 Å². The molecule has 0 aromatic heterocycles. The Kier molecular flexibility index (Phi) is 63.6. The van der Waals surface area contributed by atoms with Crippen LogP contribution in [-0.2, 0) is 28.6 Å². The molecule has 0 bridgehead atoms. The molecule has 0 saturated heterocycles. The van der Waals surface area contributed by atoms with Gasteiger partial charge in [-0.2, -0.15) is 0 Å². The zero-order valence-corrected chi connectivity index (χ0v) is 51.6. The van der Waals surface area contributed by atoms with Crippen LogP contribution < -0.4 is 0 Å². The van der Waals surface area contributed by atoms with Crippen LogP contribution >= 0.6 is 0 Å². The Balaban J connectivity index is 3.84. The van der Waals surface area contributed by atoms with Crippen molar-refractivity contribution in [2.45, 2.75) is 393 Å². The maximum atomic E-state index is 12.8. The molecule has 1 unspecified atom stereocenters. The summed E-state index contributed by atoms with van der Waals surface area (Å²) in [5, 5.41) is 0. The molecule has 6 heteroatoms. The Labute approximate surface area is 474 Å². The number of unbranched alkanes of at least 4 members (excludes halogenated alkanes) is 49. The van der Waals surface area contributed by atoms with Crippen LogP contribution in [0.1, 0.15) is 387 Å². The van der Waals surface area contributed by atoms with Crippen LogP contribution in [0.15, 0.2) is 24.3 Å². The first-order valence-electron chi connectivity index (χ1n) is 34.3. The van der Waals surface area contributed by atoms with Crippen molar-refractivity contribution in [3.63, 3.8) is 0 Å². The fourth-order valence-corrected chi connectivity index (χ4v) is 10.5. The maximum Gasteiger partial charge on any atom is 0.306 e. The van der Waals surface area contributed by atoms with E-state index in [1.165, 1.54) is 270 Å². The SMILES string of the molecule is CCCCCC/C=C\C/C=C\CCCCCCCCCC(=O)OC(COC(=O)CCCCCCC)COC(=O)CCCCCCCCCCCCCCCCCCCCCCCCCCCCCCCCCCCCC. The summed E-state index contributed by atoms with van der Waals surface area (Å²) in [7, 11) is 0. The second kappa shape index (κ2) is 65.4. The van der Waals surface area contributed by atoms with Gasteiger partial charge in [0.15, 0.2) is 6.10 Å². The molecule has 0 amide bonds. The van der Waals surface area contributed by atoms with Gasteiger partial charge in [-0.25, -0.2) is 0 Å². The Hall–Kier alpha value is -2.11. The van der Waals surface area contributed by atoms with E-state index in [0.29, 0.717) is 19.3 Å². The van der Waals surface area contributed by atoms with Crippen LogP contribution in [0.4, 0.5) is 0 Å². The van der Waals surface area contributed by atoms with Crippen LogP contribution in [0.3, 0.4) is 0 Å². The average Bonchev–Trinajstić information content (AvgIpc) is 3.42. The second-order valence-corrected chi connectivity index (χ2v) is 23.5. The summed E-state index contributed by atoms with van der Waals surface area (Å²) in [5.74, 6) is -0.871. The van der Waals surface area contributed by atoms with Gasteiger partial charge in [0, 0.05) is 19.3 Å². The summed E-state index contributed by atoms with van der Waals surface area (Å²) in [4.78, 5) is 37.9. The van der Waals surface area contributed by atoms with Crippen LogP contribution in [0, 0.1) is 0 Å². The van der Waals surface area contributed by atoms with Gasteiger partial charge in [0.05, 0.1) is 0 Å². The van der Waals surface area contributed by atoms with E-state index in [4.69, 9.17) is 14.2 Å². The van der Waals surface area contributed by atoms with Crippen molar-refractivity contribution >= 4 is 17.9 Å². The zero-order valence-electron chi connectivity index (χ0n) is 51.6. The largest absolute Gasteiger partial charge is 0.462 e. The number of esters is 3. The van der Waals surface area contributed by atoms with Crippen LogP contribution in [0.2, 0.25) is 0 Å². The third-order valence-electron chi connectivity index (χ3n) is 15.7. The number of ether oxygens (including phenoxy) is 3. The van der Waals surface area contributed by atoms with Gasteiger partial charge in [0.1, 0.15) is 13.2 Å². The lowest BCUT2D eigenvalue weighted by molar-refractivity contribution is -0.167. The number of carbonyl (C=O) groups is 3. The molecule has 0 aliphatic rings. The molecule has 0 radical (unpaired) electrons. The molecule has 0 N–H and O–H groups in total. The van der Waals surface area contributed by atoms with Crippen molar-refractivity contribution in [2.75, 3.05) is 13.2 Å². The molecule has 76 heavy (non-hydrogen) atoms. The minimum absolute atomic E-state index is 0.0704. The molecule has 0 aliphatic heterocycles. The first-order valence-corrected chi connectivity index (χ1v) is 34.3. The van der Waals surface area contributed by atoms with Gasteiger partial charge >= 0.3 is 17.9 Å². The topological polar surface area (TPSA) is 78.9 Å². The van der Waals surface area contributed by atoms with Gasteiger partial charge in [-0.1, -0.05) is 340 Å². The summed E-state index contributed by atoms with van der Waals surface area (Å²) in [5.41, 5.74) is 0. The lowest BCUT2D eigenvalue weighted by atomic mass is 10.0.